The molecule has 0 atom stereocenters. The zero-order valence-corrected chi connectivity index (χ0v) is 14.0. The molecule has 0 radical (unpaired) electrons. The summed E-state index contributed by atoms with van der Waals surface area (Å²) in [6, 6.07) is 8.57. The molecule has 1 aliphatic heterocycles. The van der Waals surface area contributed by atoms with E-state index >= 15 is 0 Å². The van der Waals surface area contributed by atoms with Gasteiger partial charge in [0.1, 0.15) is 9.39 Å². The van der Waals surface area contributed by atoms with Crippen LogP contribution in [0.3, 0.4) is 0 Å². The summed E-state index contributed by atoms with van der Waals surface area (Å²) in [6.07, 6.45) is 1.48. The smallest absolute Gasteiger partial charge is 0.266 e. The number of benzene rings is 1. The molecule has 0 bridgehead atoms. The summed E-state index contributed by atoms with van der Waals surface area (Å²) in [4.78, 5) is 23.2. The van der Waals surface area contributed by atoms with Crippen LogP contribution in [0.1, 0.15) is 5.56 Å². The van der Waals surface area contributed by atoms with Crippen LogP contribution < -0.4 is 15.4 Å². The topological polar surface area (TPSA) is 52.2 Å². The molecule has 1 saturated heterocycles. The molecular weight excluding hydrogens is 379 g/mol. The van der Waals surface area contributed by atoms with Crippen LogP contribution in [0, 0.1) is 10.5 Å². The van der Waals surface area contributed by atoms with Gasteiger partial charge in [0.15, 0.2) is 0 Å². The number of aromatic amines is 1. The van der Waals surface area contributed by atoms with Crippen molar-refractivity contribution in [3.8, 4) is 0 Å². The molecule has 1 N–H and O–H groups in total. The first kappa shape index (κ1) is 14.4. The standard InChI is InChI=1S/C15H17IN4O/c1-11-3-2-4-12(9-11)19-5-7-20(8-6-19)14-13(16)15(21)18-10-17-14/h2-4,9-10H,5-8H2,1H3,(H,17,18,21). The lowest BCUT2D eigenvalue weighted by Crippen LogP contribution is -2.47. The second-order valence-electron chi connectivity index (χ2n) is 5.18. The number of nitrogens with one attached hydrogen (secondary N) is 1. The number of aryl methyl sites for hydroxylation is 1. The number of anilines is 2. The third kappa shape index (κ3) is 3.04. The highest BCUT2D eigenvalue weighted by Crippen LogP contribution is 2.21. The van der Waals surface area contributed by atoms with Gasteiger partial charge in [0.25, 0.3) is 5.56 Å². The van der Waals surface area contributed by atoms with Gasteiger partial charge in [-0.1, -0.05) is 12.1 Å². The predicted octanol–water partition coefficient (Wildman–Crippen LogP) is 2.01. The van der Waals surface area contributed by atoms with E-state index in [1.807, 2.05) is 0 Å². The van der Waals surface area contributed by atoms with Gasteiger partial charge in [0.05, 0.1) is 6.33 Å². The molecule has 0 spiro atoms. The van der Waals surface area contributed by atoms with Gasteiger partial charge in [-0.2, -0.15) is 0 Å². The number of rotatable bonds is 2. The minimum atomic E-state index is -0.0679. The number of aromatic nitrogens is 2. The van der Waals surface area contributed by atoms with Crippen molar-refractivity contribution in [2.45, 2.75) is 6.92 Å². The number of halogens is 1. The average Bonchev–Trinajstić information content (AvgIpc) is 2.50. The number of hydrogen-bond donors (Lipinski definition) is 1. The zero-order chi connectivity index (χ0) is 14.8. The zero-order valence-electron chi connectivity index (χ0n) is 11.8. The lowest BCUT2D eigenvalue weighted by Gasteiger charge is -2.37. The molecule has 1 aromatic carbocycles. The molecular formula is C15H17IN4O. The molecule has 6 heteroatoms. The molecule has 2 aromatic rings. The molecule has 3 rings (SSSR count). The Hall–Kier alpha value is -1.57. The van der Waals surface area contributed by atoms with Gasteiger partial charge in [-0.15, -0.1) is 0 Å². The van der Waals surface area contributed by atoms with Crippen molar-refractivity contribution < 1.29 is 0 Å². The third-order valence-electron chi connectivity index (χ3n) is 3.72. The van der Waals surface area contributed by atoms with Crippen LogP contribution >= 0.6 is 22.6 Å². The minimum Gasteiger partial charge on any atom is -0.368 e. The average molecular weight is 396 g/mol. The van der Waals surface area contributed by atoms with Crippen LogP contribution in [0.25, 0.3) is 0 Å². The number of hydrogen-bond acceptors (Lipinski definition) is 4. The molecule has 1 aromatic heterocycles. The fourth-order valence-electron chi connectivity index (χ4n) is 2.60. The van der Waals surface area contributed by atoms with E-state index in [1.165, 1.54) is 17.6 Å². The van der Waals surface area contributed by atoms with Gasteiger partial charge in [-0.3, -0.25) is 4.79 Å². The van der Waals surface area contributed by atoms with Gasteiger partial charge in [-0.25, -0.2) is 4.98 Å². The van der Waals surface area contributed by atoms with Crippen molar-refractivity contribution in [2.75, 3.05) is 36.0 Å². The van der Waals surface area contributed by atoms with Crippen molar-refractivity contribution in [3.63, 3.8) is 0 Å². The van der Waals surface area contributed by atoms with E-state index in [0.29, 0.717) is 3.57 Å². The summed E-state index contributed by atoms with van der Waals surface area (Å²) < 4.78 is 0.666. The van der Waals surface area contributed by atoms with Gasteiger partial charge >= 0.3 is 0 Å². The van der Waals surface area contributed by atoms with Crippen molar-refractivity contribution in [3.05, 3.63) is 50.1 Å². The van der Waals surface area contributed by atoms with Crippen LogP contribution in [0.5, 0.6) is 0 Å². The van der Waals surface area contributed by atoms with Gasteiger partial charge in [0.2, 0.25) is 0 Å². The Morgan fingerprint density at radius 2 is 1.90 bits per heavy atom. The molecule has 21 heavy (non-hydrogen) atoms. The fourth-order valence-corrected chi connectivity index (χ4v) is 3.23. The van der Waals surface area contributed by atoms with Crippen LogP contribution in [-0.2, 0) is 0 Å². The summed E-state index contributed by atoms with van der Waals surface area (Å²) in [5.41, 5.74) is 2.48. The summed E-state index contributed by atoms with van der Waals surface area (Å²) in [5, 5.41) is 0. The second kappa shape index (κ2) is 6.05. The van der Waals surface area contributed by atoms with E-state index in [0.717, 1.165) is 32.0 Å². The van der Waals surface area contributed by atoms with Crippen LogP contribution in [0.2, 0.25) is 0 Å². The van der Waals surface area contributed by atoms with E-state index in [2.05, 4.69) is 73.5 Å². The first-order valence-electron chi connectivity index (χ1n) is 6.95. The Morgan fingerprint density at radius 3 is 2.62 bits per heavy atom. The summed E-state index contributed by atoms with van der Waals surface area (Å²) in [7, 11) is 0. The molecule has 1 aliphatic rings. The Labute approximate surface area is 137 Å². The van der Waals surface area contributed by atoms with Crippen molar-refractivity contribution in [1.82, 2.24) is 9.97 Å². The van der Waals surface area contributed by atoms with Gasteiger partial charge < -0.3 is 14.8 Å². The van der Waals surface area contributed by atoms with Crippen LogP contribution in [0.4, 0.5) is 11.5 Å². The maximum Gasteiger partial charge on any atom is 0.266 e. The first-order valence-corrected chi connectivity index (χ1v) is 8.03. The van der Waals surface area contributed by atoms with Crippen molar-refractivity contribution in [2.24, 2.45) is 0 Å². The largest absolute Gasteiger partial charge is 0.368 e. The van der Waals surface area contributed by atoms with Crippen LogP contribution in [-0.4, -0.2) is 36.1 Å². The molecule has 0 unspecified atom stereocenters. The van der Waals surface area contributed by atoms with E-state index < -0.39 is 0 Å². The Balaban J connectivity index is 1.73. The second-order valence-corrected chi connectivity index (χ2v) is 6.26. The summed E-state index contributed by atoms with van der Waals surface area (Å²) in [5.74, 6) is 0.795. The van der Waals surface area contributed by atoms with E-state index in [9.17, 15) is 4.79 Å². The fraction of sp³-hybridized carbons (Fsp3) is 0.333. The predicted molar refractivity (Wildman–Crippen MR) is 93.2 cm³/mol. The lowest BCUT2D eigenvalue weighted by atomic mass is 10.2. The molecule has 110 valence electrons. The monoisotopic (exact) mass is 396 g/mol. The van der Waals surface area contributed by atoms with E-state index in [4.69, 9.17) is 0 Å². The third-order valence-corrected chi connectivity index (χ3v) is 4.70. The SMILES string of the molecule is Cc1cccc(N2CCN(c3nc[nH]c(=O)c3I)CC2)c1. The quantitative estimate of drug-likeness (QED) is 0.790. The van der Waals surface area contributed by atoms with Gasteiger partial charge in [0, 0.05) is 31.9 Å². The maximum atomic E-state index is 11.7. The maximum absolute atomic E-state index is 11.7. The van der Waals surface area contributed by atoms with Gasteiger partial charge in [-0.05, 0) is 47.2 Å². The molecule has 1 fully saturated rings. The first-order chi connectivity index (χ1) is 10.1. The highest BCUT2D eigenvalue weighted by Gasteiger charge is 2.20. The number of nitrogens with zero attached hydrogens (tertiary/aromatic N) is 3. The molecule has 0 amide bonds. The Morgan fingerprint density at radius 1 is 1.19 bits per heavy atom. The Kier molecular flexibility index (Phi) is 4.14. The highest BCUT2D eigenvalue weighted by molar-refractivity contribution is 14.1. The number of piperazine rings is 1. The molecule has 0 aliphatic carbocycles. The highest BCUT2D eigenvalue weighted by atomic mass is 127. The molecule has 2 heterocycles. The van der Waals surface area contributed by atoms with E-state index in [-0.39, 0.29) is 5.56 Å². The van der Waals surface area contributed by atoms with Crippen molar-refractivity contribution >= 4 is 34.1 Å². The normalized spacial score (nSPS) is 15.3. The minimum absolute atomic E-state index is 0.0679. The molecule has 0 saturated carbocycles. The van der Waals surface area contributed by atoms with Crippen LogP contribution in [0.15, 0.2) is 35.4 Å². The number of H-pyrrole nitrogens is 1. The lowest BCUT2D eigenvalue weighted by molar-refractivity contribution is 0.644. The summed E-state index contributed by atoms with van der Waals surface area (Å²) in [6.45, 7) is 5.74. The summed E-state index contributed by atoms with van der Waals surface area (Å²) >= 11 is 2.07. The molecule has 5 nitrogen and oxygen atoms in total. The van der Waals surface area contributed by atoms with Crippen molar-refractivity contribution in [1.29, 1.82) is 0 Å². The Bertz CT molecular complexity index is 692. The van der Waals surface area contributed by atoms with E-state index in [1.54, 1.807) is 0 Å².